The molecular weight excluding hydrogens is 354 g/mol. The van der Waals surface area contributed by atoms with E-state index in [9.17, 15) is 24.5 Å². The fraction of sp³-hybridized carbons (Fsp3) is 0.500. The molecule has 1 aromatic rings. The number of carbonyl (C=O) groups is 3. The van der Waals surface area contributed by atoms with E-state index in [0.717, 1.165) is 0 Å². The molecule has 27 heavy (non-hydrogen) atoms. The highest BCUT2D eigenvalue weighted by Crippen LogP contribution is 2.11. The molecule has 0 heterocycles. The van der Waals surface area contributed by atoms with Crippen molar-refractivity contribution in [2.75, 3.05) is 13.2 Å². The van der Waals surface area contributed by atoms with E-state index in [4.69, 9.17) is 4.74 Å². The molecule has 1 aromatic carbocycles. The van der Waals surface area contributed by atoms with Gasteiger partial charge in [-0.2, -0.15) is 0 Å². The van der Waals surface area contributed by atoms with Crippen molar-refractivity contribution in [2.45, 2.75) is 46.2 Å². The molecule has 0 aromatic heterocycles. The first-order valence-electron chi connectivity index (χ1n) is 8.63. The van der Waals surface area contributed by atoms with Crippen molar-refractivity contribution in [1.29, 1.82) is 0 Å². The zero-order valence-corrected chi connectivity index (χ0v) is 15.9. The summed E-state index contributed by atoms with van der Waals surface area (Å²) in [6.45, 7) is 7.22. The predicted molar refractivity (Wildman–Crippen MR) is 98.1 cm³/mol. The van der Waals surface area contributed by atoms with E-state index >= 15 is 0 Å². The van der Waals surface area contributed by atoms with Crippen LogP contribution in [0.2, 0.25) is 0 Å². The summed E-state index contributed by atoms with van der Waals surface area (Å²) in [6.07, 6.45) is -0.0879. The maximum atomic E-state index is 12.1. The maximum Gasteiger partial charge on any atom is 0.308 e. The molecule has 2 amide bonds. The highest BCUT2D eigenvalue weighted by molar-refractivity contribution is 5.94. The first kappa shape index (κ1) is 22.1. The number of hydrogen-bond acceptors (Lipinski definition) is 6. The third-order valence-electron chi connectivity index (χ3n) is 3.71. The molecule has 0 bridgehead atoms. The van der Waals surface area contributed by atoms with Crippen LogP contribution in [0, 0.1) is 10.1 Å². The number of benzene rings is 1. The average Bonchev–Trinajstić information content (AvgIpc) is 2.59. The van der Waals surface area contributed by atoms with Gasteiger partial charge in [0.1, 0.15) is 0 Å². The summed E-state index contributed by atoms with van der Waals surface area (Å²) in [6, 6.07) is 5.11. The fourth-order valence-electron chi connectivity index (χ4n) is 2.58. The molecule has 0 unspecified atom stereocenters. The van der Waals surface area contributed by atoms with Gasteiger partial charge in [-0.25, -0.2) is 0 Å². The molecule has 0 spiro atoms. The van der Waals surface area contributed by atoms with E-state index < -0.39 is 16.8 Å². The molecule has 0 saturated heterocycles. The van der Waals surface area contributed by atoms with E-state index in [1.807, 2.05) is 27.7 Å². The second-order valence-electron chi connectivity index (χ2n) is 6.46. The van der Waals surface area contributed by atoms with Crippen molar-refractivity contribution in [3.63, 3.8) is 0 Å². The van der Waals surface area contributed by atoms with Crippen LogP contribution in [0.5, 0.6) is 0 Å². The van der Waals surface area contributed by atoms with Gasteiger partial charge >= 0.3 is 5.97 Å². The Morgan fingerprint density at radius 2 is 1.67 bits per heavy atom. The normalized spacial score (nSPS) is 10.6. The van der Waals surface area contributed by atoms with Crippen molar-refractivity contribution in [2.24, 2.45) is 0 Å². The number of esters is 1. The van der Waals surface area contributed by atoms with Gasteiger partial charge in [-0.05, 0) is 39.8 Å². The second kappa shape index (κ2) is 10.2. The quantitative estimate of drug-likeness (QED) is 0.398. The standard InChI is InChI=1S/C18H25N3O6/c1-12(2)20(13(3)4)16(22)11-27-17(23)9-10-19-18(24)14-5-7-15(8-6-14)21(25)26/h5-8,12-13H,9-11H2,1-4H3,(H,19,24). The minimum atomic E-state index is -0.597. The second-order valence-corrected chi connectivity index (χ2v) is 6.46. The number of nitrogens with zero attached hydrogens (tertiary/aromatic N) is 2. The van der Waals surface area contributed by atoms with Crippen molar-refractivity contribution < 1.29 is 24.0 Å². The Morgan fingerprint density at radius 3 is 2.15 bits per heavy atom. The Hall–Kier alpha value is -2.97. The Balaban J connectivity index is 2.39. The van der Waals surface area contributed by atoms with E-state index in [-0.39, 0.29) is 48.8 Å². The number of ether oxygens (including phenoxy) is 1. The Labute approximate surface area is 157 Å². The van der Waals surface area contributed by atoms with Gasteiger partial charge in [0.25, 0.3) is 17.5 Å². The van der Waals surface area contributed by atoms with Gasteiger partial charge in [0.2, 0.25) is 0 Å². The minimum absolute atomic E-state index is 0.00260. The number of nitro groups is 1. The molecule has 9 nitrogen and oxygen atoms in total. The zero-order valence-electron chi connectivity index (χ0n) is 15.9. The molecule has 0 aliphatic carbocycles. The minimum Gasteiger partial charge on any atom is -0.456 e. The van der Waals surface area contributed by atoms with Gasteiger partial charge in [0.15, 0.2) is 6.61 Å². The highest BCUT2D eigenvalue weighted by Gasteiger charge is 2.21. The van der Waals surface area contributed by atoms with E-state index in [1.54, 1.807) is 4.90 Å². The average molecular weight is 379 g/mol. The van der Waals surface area contributed by atoms with Crippen LogP contribution in [0.3, 0.4) is 0 Å². The number of hydrogen-bond donors (Lipinski definition) is 1. The molecular formula is C18H25N3O6. The van der Waals surface area contributed by atoms with Gasteiger partial charge in [0.05, 0.1) is 11.3 Å². The molecule has 0 aliphatic rings. The zero-order chi connectivity index (χ0) is 20.6. The molecule has 148 valence electrons. The SMILES string of the molecule is CC(C)N(C(=O)COC(=O)CCNC(=O)c1ccc([N+](=O)[O-])cc1)C(C)C. The van der Waals surface area contributed by atoms with Crippen molar-refractivity contribution in [1.82, 2.24) is 10.2 Å². The number of amides is 2. The Bertz CT molecular complexity index is 677. The third kappa shape index (κ3) is 7.04. The van der Waals surface area contributed by atoms with Crippen LogP contribution in [-0.2, 0) is 14.3 Å². The lowest BCUT2D eigenvalue weighted by molar-refractivity contribution is -0.384. The molecule has 0 aliphatic heterocycles. The highest BCUT2D eigenvalue weighted by atomic mass is 16.6. The summed E-state index contributed by atoms with van der Waals surface area (Å²) < 4.78 is 4.96. The van der Waals surface area contributed by atoms with Gasteiger partial charge in [-0.15, -0.1) is 0 Å². The van der Waals surface area contributed by atoms with E-state index in [1.165, 1.54) is 24.3 Å². The van der Waals surface area contributed by atoms with Crippen LogP contribution in [0.15, 0.2) is 24.3 Å². The van der Waals surface area contributed by atoms with E-state index in [2.05, 4.69) is 5.32 Å². The summed E-state index contributed by atoms with van der Waals surface area (Å²) in [5, 5.41) is 13.1. The lowest BCUT2D eigenvalue weighted by atomic mass is 10.2. The first-order valence-corrected chi connectivity index (χ1v) is 8.63. The van der Waals surface area contributed by atoms with Crippen molar-refractivity contribution in [3.8, 4) is 0 Å². The van der Waals surface area contributed by atoms with Crippen LogP contribution < -0.4 is 5.32 Å². The largest absolute Gasteiger partial charge is 0.456 e. The molecule has 0 saturated carbocycles. The smallest absolute Gasteiger partial charge is 0.308 e. The van der Waals surface area contributed by atoms with Gasteiger partial charge in [0, 0.05) is 36.3 Å². The summed E-state index contributed by atoms with van der Waals surface area (Å²) in [5.74, 6) is -1.33. The number of carbonyl (C=O) groups excluding carboxylic acids is 3. The number of nitro benzene ring substituents is 1. The summed E-state index contributed by atoms with van der Waals surface area (Å²) in [4.78, 5) is 47.4. The summed E-state index contributed by atoms with van der Waals surface area (Å²) in [5.41, 5.74) is 0.130. The molecule has 0 fully saturated rings. The van der Waals surface area contributed by atoms with Gasteiger partial charge < -0.3 is 15.0 Å². The molecule has 1 rings (SSSR count). The lowest BCUT2D eigenvalue weighted by Crippen LogP contribution is -2.44. The van der Waals surface area contributed by atoms with Crippen LogP contribution in [-0.4, -0.2) is 52.8 Å². The Morgan fingerprint density at radius 1 is 1.11 bits per heavy atom. The van der Waals surface area contributed by atoms with Crippen molar-refractivity contribution >= 4 is 23.5 Å². The Kier molecular flexibility index (Phi) is 8.37. The van der Waals surface area contributed by atoms with Crippen LogP contribution in [0.1, 0.15) is 44.5 Å². The monoisotopic (exact) mass is 379 g/mol. The summed E-state index contributed by atoms with van der Waals surface area (Å²) >= 11 is 0. The van der Waals surface area contributed by atoms with Crippen LogP contribution in [0.25, 0.3) is 0 Å². The molecule has 0 atom stereocenters. The molecule has 9 heteroatoms. The number of non-ortho nitro benzene ring substituents is 1. The number of rotatable bonds is 9. The molecule has 0 radical (unpaired) electrons. The maximum absolute atomic E-state index is 12.1. The van der Waals surface area contributed by atoms with Crippen LogP contribution in [0.4, 0.5) is 5.69 Å². The van der Waals surface area contributed by atoms with Gasteiger partial charge in [-0.1, -0.05) is 0 Å². The van der Waals surface area contributed by atoms with Crippen LogP contribution >= 0.6 is 0 Å². The fourth-order valence-corrected chi connectivity index (χ4v) is 2.58. The predicted octanol–water partition coefficient (Wildman–Crippen LogP) is 1.90. The van der Waals surface area contributed by atoms with E-state index in [0.29, 0.717) is 0 Å². The lowest BCUT2D eigenvalue weighted by Gasteiger charge is -2.30. The van der Waals surface area contributed by atoms with Gasteiger partial charge in [-0.3, -0.25) is 24.5 Å². The van der Waals surface area contributed by atoms with Crippen molar-refractivity contribution in [3.05, 3.63) is 39.9 Å². The topological polar surface area (TPSA) is 119 Å². The summed E-state index contributed by atoms with van der Waals surface area (Å²) in [7, 11) is 0. The number of nitrogens with one attached hydrogen (secondary N) is 1. The first-order chi connectivity index (χ1) is 12.6. The molecule has 1 N–H and O–H groups in total. The third-order valence-corrected chi connectivity index (χ3v) is 3.71.